The number of aliphatic imine (C=N–C) groups is 1. The van der Waals surface area contributed by atoms with Crippen molar-refractivity contribution in [1.29, 1.82) is 0 Å². The number of aryl methyl sites for hydroxylation is 1. The first-order valence-electron chi connectivity index (χ1n) is 9.31. The van der Waals surface area contributed by atoms with E-state index in [0.29, 0.717) is 24.2 Å². The van der Waals surface area contributed by atoms with Gasteiger partial charge in [-0.15, -0.1) is 24.0 Å². The van der Waals surface area contributed by atoms with Gasteiger partial charge in [0.2, 0.25) is 5.89 Å². The monoisotopic (exact) mass is 562 g/mol. The van der Waals surface area contributed by atoms with Crippen LogP contribution < -0.4 is 5.32 Å². The highest BCUT2D eigenvalue weighted by Crippen LogP contribution is 2.23. The molecule has 0 aliphatic carbocycles. The topological polar surface area (TPSA) is 69.8 Å². The molecular weight excluding hydrogens is 535 g/mol. The van der Waals surface area contributed by atoms with Gasteiger partial charge in [0.05, 0.1) is 0 Å². The van der Waals surface area contributed by atoms with E-state index in [4.69, 9.17) is 4.52 Å². The van der Waals surface area contributed by atoms with Crippen LogP contribution in [0, 0.1) is 6.92 Å². The molecule has 7 nitrogen and oxygen atoms in total. The fraction of sp³-hybridized carbons (Fsp3) is 0.526. The van der Waals surface area contributed by atoms with Crippen LogP contribution >= 0.6 is 39.9 Å². The smallest absolute Gasteiger partial charge is 0.228 e. The first-order chi connectivity index (χ1) is 13.1. The number of guanidine groups is 1. The molecule has 2 heterocycles. The summed E-state index contributed by atoms with van der Waals surface area (Å²) in [6, 6.07) is 9.02. The molecule has 0 bridgehead atoms. The molecule has 1 aliphatic heterocycles. The van der Waals surface area contributed by atoms with Gasteiger partial charge in [0.15, 0.2) is 11.8 Å². The predicted octanol–water partition coefficient (Wildman–Crippen LogP) is 3.26. The molecule has 0 amide bonds. The number of nitrogens with zero attached hydrogens (tertiary/aromatic N) is 5. The Balaban J connectivity index is 0.00000280. The standard InChI is InChI=1S/C19H27BrN6O.HI/c1-14(16-4-6-17(20)7-5-16)25-10-12-26(13-11-25)19(21-3)22-9-8-18-23-15(2)24-27-18;/h4-7,14H,8-13H2,1-3H3,(H,21,22);1H. The zero-order chi connectivity index (χ0) is 19.2. The summed E-state index contributed by atoms with van der Waals surface area (Å²) < 4.78 is 6.27. The van der Waals surface area contributed by atoms with Gasteiger partial charge in [0, 0.05) is 56.7 Å². The number of benzene rings is 1. The largest absolute Gasteiger partial charge is 0.356 e. The maximum atomic E-state index is 5.15. The summed E-state index contributed by atoms with van der Waals surface area (Å²) >= 11 is 3.51. The number of hydrogen-bond acceptors (Lipinski definition) is 5. The van der Waals surface area contributed by atoms with Crippen molar-refractivity contribution in [3.8, 4) is 0 Å². The van der Waals surface area contributed by atoms with E-state index < -0.39 is 0 Å². The Labute approximate surface area is 192 Å². The van der Waals surface area contributed by atoms with Gasteiger partial charge in [-0.3, -0.25) is 9.89 Å². The lowest BCUT2D eigenvalue weighted by molar-refractivity contribution is 0.138. The fourth-order valence-electron chi connectivity index (χ4n) is 3.33. The summed E-state index contributed by atoms with van der Waals surface area (Å²) in [5, 5.41) is 7.22. The van der Waals surface area contributed by atoms with Gasteiger partial charge < -0.3 is 14.7 Å². The second-order valence-corrected chi connectivity index (χ2v) is 7.63. The number of halogens is 2. The number of rotatable bonds is 5. The number of piperazine rings is 1. The molecule has 2 aromatic rings. The molecule has 1 fully saturated rings. The quantitative estimate of drug-likeness (QED) is 0.343. The number of hydrogen-bond donors (Lipinski definition) is 1. The summed E-state index contributed by atoms with van der Waals surface area (Å²) in [5.41, 5.74) is 1.35. The Morgan fingerprint density at radius 3 is 2.50 bits per heavy atom. The molecule has 0 radical (unpaired) electrons. The van der Waals surface area contributed by atoms with Gasteiger partial charge in [-0.25, -0.2) is 0 Å². The molecule has 1 aromatic heterocycles. The average Bonchev–Trinajstić information content (AvgIpc) is 3.11. The van der Waals surface area contributed by atoms with Crippen LogP contribution in [0.5, 0.6) is 0 Å². The van der Waals surface area contributed by atoms with Crippen molar-refractivity contribution >= 4 is 45.9 Å². The van der Waals surface area contributed by atoms with Crippen molar-refractivity contribution in [2.45, 2.75) is 26.3 Å². The predicted molar refractivity (Wildman–Crippen MR) is 125 cm³/mol. The van der Waals surface area contributed by atoms with Crippen LogP contribution in [0.1, 0.15) is 30.2 Å². The van der Waals surface area contributed by atoms with Gasteiger partial charge in [0.1, 0.15) is 0 Å². The van der Waals surface area contributed by atoms with Gasteiger partial charge in [0.25, 0.3) is 0 Å². The van der Waals surface area contributed by atoms with Crippen LogP contribution in [-0.2, 0) is 6.42 Å². The fourth-order valence-corrected chi connectivity index (χ4v) is 3.59. The van der Waals surface area contributed by atoms with Crippen molar-refractivity contribution in [2.75, 3.05) is 39.8 Å². The molecule has 9 heteroatoms. The minimum Gasteiger partial charge on any atom is -0.356 e. The van der Waals surface area contributed by atoms with E-state index in [-0.39, 0.29) is 24.0 Å². The summed E-state index contributed by atoms with van der Waals surface area (Å²) in [5.74, 6) is 2.26. The van der Waals surface area contributed by atoms with Crippen molar-refractivity contribution in [1.82, 2.24) is 25.3 Å². The third kappa shape index (κ3) is 6.15. The molecule has 28 heavy (non-hydrogen) atoms. The van der Waals surface area contributed by atoms with Crippen molar-refractivity contribution in [3.05, 3.63) is 46.0 Å². The molecule has 1 N–H and O–H groups in total. The van der Waals surface area contributed by atoms with E-state index in [0.717, 1.165) is 43.2 Å². The Kier molecular flexibility index (Phi) is 9.16. The maximum Gasteiger partial charge on any atom is 0.228 e. The summed E-state index contributed by atoms with van der Waals surface area (Å²) in [6.07, 6.45) is 0.695. The lowest BCUT2D eigenvalue weighted by Crippen LogP contribution is -2.53. The normalized spacial score (nSPS) is 16.6. The van der Waals surface area contributed by atoms with E-state index >= 15 is 0 Å². The summed E-state index contributed by atoms with van der Waals surface area (Å²) in [6.45, 7) is 8.78. The second kappa shape index (κ2) is 11.1. The SMILES string of the molecule is CN=C(NCCc1nc(C)no1)N1CCN(C(C)c2ccc(Br)cc2)CC1.I. The highest BCUT2D eigenvalue weighted by molar-refractivity contribution is 14.0. The lowest BCUT2D eigenvalue weighted by Gasteiger charge is -2.39. The van der Waals surface area contributed by atoms with Crippen LogP contribution in [0.15, 0.2) is 38.3 Å². The number of nitrogens with one attached hydrogen (secondary N) is 1. The van der Waals surface area contributed by atoms with Crippen molar-refractivity contribution in [2.24, 2.45) is 4.99 Å². The van der Waals surface area contributed by atoms with Crippen LogP contribution in [0.3, 0.4) is 0 Å². The van der Waals surface area contributed by atoms with Crippen LogP contribution in [-0.4, -0.2) is 65.7 Å². The molecule has 154 valence electrons. The molecule has 1 unspecified atom stereocenters. The zero-order valence-corrected chi connectivity index (χ0v) is 20.5. The van der Waals surface area contributed by atoms with E-state index in [2.05, 4.69) is 77.4 Å². The molecule has 0 spiro atoms. The molecule has 1 saturated heterocycles. The Hall–Kier alpha value is -1.20. The first-order valence-corrected chi connectivity index (χ1v) is 10.1. The molecule has 0 saturated carbocycles. The lowest BCUT2D eigenvalue weighted by atomic mass is 10.1. The van der Waals surface area contributed by atoms with Crippen LogP contribution in [0.4, 0.5) is 0 Å². The van der Waals surface area contributed by atoms with Crippen LogP contribution in [0.25, 0.3) is 0 Å². The Bertz CT molecular complexity index is 758. The van der Waals surface area contributed by atoms with Gasteiger partial charge >= 0.3 is 0 Å². The molecule has 3 rings (SSSR count). The summed E-state index contributed by atoms with van der Waals surface area (Å²) in [7, 11) is 1.83. The van der Waals surface area contributed by atoms with E-state index in [1.165, 1.54) is 5.56 Å². The maximum absolute atomic E-state index is 5.15. The first kappa shape index (κ1) is 23.1. The highest BCUT2D eigenvalue weighted by atomic mass is 127. The average molecular weight is 563 g/mol. The molecule has 1 aliphatic rings. The van der Waals surface area contributed by atoms with Gasteiger partial charge in [-0.05, 0) is 31.5 Å². The van der Waals surface area contributed by atoms with Crippen molar-refractivity contribution in [3.63, 3.8) is 0 Å². The Morgan fingerprint density at radius 2 is 1.93 bits per heavy atom. The van der Waals surface area contributed by atoms with E-state index in [1.807, 2.05) is 14.0 Å². The minimum atomic E-state index is 0. The third-order valence-electron chi connectivity index (χ3n) is 4.92. The highest BCUT2D eigenvalue weighted by Gasteiger charge is 2.23. The van der Waals surface area contributed by atoms with Crippen molar-refractivity contribution < 1.29 is 4.52 Å². The van der Waals surface area contributed by atoms with Gasteiger partial charge in [-0.1, -0.05) is 33.2 Å². The molecular formula is C19H28BrIN6O. The van der Waals surface area contributed by atoms with Gasteiger partial charge in [-0.2, -0.15) is 4.98 Å². The van der Waals surface area contributed by atoms with E-state index in [1.54, 1.807) is 0 Å². The third-order valence-corrected chi connectivity index (χ3v) is 5.45. The minimum absolute atomic E-state index is 0. The second-order valence-electron chi connectivity index (χ2n) is 6.71. The summed E-state index contributed by atoms with van der Waals surface area (Å²) in [4.78, 5) is 13.5. The molecule has 1 aromatic carbocycles. The van der Waals surface area contributed by atoms with E-state index in [9.17, 15) is 0 Å². The number of aromatic nitrogens is 2. The van der Waals surface area contributed by atoms with Crippen LogP contribution in [0.2, 0.25) is 0 Å². The zero-order valence-electron chi connectivity index (χ0n) is 16.6. The Morgan fingerprint density at radius 1 is 1.25 bits per heavy atom. The molecule has 1 atom stereocenters.